The Hall–Kier alpha value is -3.35. The molecule has 2 aromatic carbocycles. The summed E-state index contributed by atoms with van der Waals surface area (Å²) in [5, 5.41) is 31.7. The Kier molecular flexibility index (Phi) is 4.61. The summed E-state index contributed by atoms with van der Waals surface area (Å²) in [4.78, 5) is 23.1. The topological polar surface area (TPSA) is 119 Å². The van der Waals surface area contributed by atoms with Gasteiger partial charge < -0.3 is 15.3 Å². The first-order valence-corrected chi connectivity index (χ1v) is 6.59. The lowest BCUT2D eigenvalue weighted by molar-refractivity contribution is 0.0696. The summed E-state index contributed by atoms with van der Waals surface area (Å²) < 4.78 is 0. The number of aromatic hydroxyl groups is 2. The van der Waals surface area contributed by atoms with Crippen LogP contribution in [-0.4, -0.2) is 32.9 Å². The highest BCUT2D eigenvalue weighted by molar-refractivity contribution is 6.08. The van der Waals surface area contributed by atoms with Crippen molar-refractivity contribution < 1.29 is 24.9 Å². The third-order valence-corrected chi connectivity index (χ3v) is 3.04. The highest BCUT2D eigenvalue weighted by atomic mass is 16.4. The zero-order valence-corrected chi connectivity index (χ0v) is 12.1. The number of nitrogens with one attached hydrogen (secondary N) is 1. The number of phenols is 2. The van der Waals surface area contributed by atoms with Gasteiger partial charge in [0.2, 0.25) is 0 Å². The molecule has 0 unspecified atom stereocenters. The van der Waals surface area contributed by atoms with Crippen LogP contribution < -0.4 is 5.43 Å². The van der Waals surface area contributed by atoms with Crippen molar-refractivity contribution in [2.45, 2.75) is 6.92 Å². The molecule has 2 rings (SSSR count). The molecule has 7 nitrogen and oxygen atoms in total. The minimum Gasteiger partial charge on any atom is -0.508 e. The van der Waals surface area contributed by atoms with Crippen LogP contribution in [0.1, 0.15) is 33.2 Å². The van der Waals surface area contributed by atoms with Crippen molar-refractivity contribution in [3.05, 3.63) is 59.2 Å². The van der Waals surface area contributed by atoms with E-state index in [9.17, 15) is 19.8 Å². The second kappa shape index (κ2) is 6.61. The molecule has 0 spiro atoms. The fraction of sp³-hybridized carbons (Fsp3) is 0.0625. The van der Waals surface area contributed by atoms with E-state index in [2.05, 4.69) is 10.5 Å². The van der Waals surface area contributed by atoms with E-state index in [1.165, 1.54) is 18.2 Å². The van der Waals surface area contributed by atoms with E-state index in [0.717, 1.165) is 6.07 Å². The third kappa shape index (κ3) is 3.85. The standard InChI is InChI=1S/C16H14N2O5/c1-9(13-4-2-3-5-14(13)16(22)23)17-18-15(21)10-6-11(19)8-12(20)7-10/h2-8,19-20H,1H3,(H,18,21)(H,22,23)/b17-9+. The van der Waals surface area contributed by atoms with Crippen LogP contribution in [0.3, 0.4) is 0 Å². The molecule has 7 heteroatoms. The number of carbonyl (C=O) groups excluding carboxylic acids is 1. The van der Waals surface area contributed by atoms with E-state index in [1.807, 2.05) is 0 Å². The SMILES string of the molecule is C/C(=N\NC(=O)c1cc(O)cc(O)c1)c1ccccc1C(=O)O. The number of carbonyl (C=O) groups is 2. The molecule has 118 valence electrons. The van der Waals surface area contributed by atoms with Gasteiger partial charge >= 0.3 is 5.97 Å². The van der Waals surface area contributed by atoms with E-state index < -0.39 is 11.9 Å². The first-order valence-electron chi connectivity index (χ1n) is 6.59. The Morgan fingerprint density at radius 3 is 2.13 bits per heavy atom. The molecule has 0 saturated carbocycles. The average Bonchev–Trinajstić information content (AvgIpc) is 2.51. The van der Waals surface area contributed by atoms with Crippen LogP contribution in [0.2, 0.25) is 0 Å². The van der Waals surface area contributed by atoms with Crippen LogP contribution in [0.25, 0.3) is 0 Å². The fourth-order valence-corrected chi connectivity index (χ4v) is 1.97. The van der Waals surface area contributed by atoms with Gasteiger partial charge in [0.15, 0.2) is 0 Å². The number of benzene rings is 2. The summed E-state index contributed by atoms with van der Waals surface area (Å²) in [5.74, 6) is -2.26. The van der Waals surface area contributed by atoms with Gasteiger partial charge in [0, 0.05) is 17.2 Å². The molecule has 23 heavy (non-hydrogen) atoms. The number of carboxylic acids is 1. The second-order valence-electron chi connectivity index (χ2n) is 4.73. The van der Waals surface area contributed by atoms with Crippen LogP contribution in [0.15, 0.2) is 47.6 Å². The number of rotatable bonds is 4. The van der Waals surface area contributed by atoms with Crippen LogP contribution in [0.5, 0.6) is 11.5 Å². The summed E-state index contributed by atoms with van der Waals surface area (Å²) >= 11 is 0. The van der Waals surface area contributed by atoms with E-state index >= 15 is 0 Å². The van der Waals surface area contributed by atoms with E-state index in [0.29, 0.717) is 11.3 Å². The van der Waals surface area contributed by atoms with Gasteiger partial charge in [-0.05, 0) is 25.1 Å². The Bertz CT molecular complexity index is 779. The minimum atomic E-state index is -1.10. The molecule has 1 amide bonds. The number of hydrogen-bond acceptors (Lipinski definition) is 5. The van der Waals surface area contributed by atoms with Crippen molar-refractivity contribution in [2.75, 3.05) is 0 Å². The maximum absolute atomic E-state index is 11.9. The number of nitrogens with zero attached hydrogens (tertiary/aromatic N) is 1. The molecule has 0 atom stereocenters. The lowest BCUT2D eigenvalue weighted by Crippen LogP contribution is -2.20. The number of amides is 1. The number of hydrazone groups is 1. The number of hydrogen-bond donors (Lipinski definition) is 4. The summed E-state index contributed by atoms with van der Waals surface area (Å²) in [6.45, 7) is 1.56. The Morgan fingerprint density at radius 2 is 1.57 bits per heavy atom. The molecule has 0 heterocycles. The number of carboxylic acid groups (broad SMARTS) is 1. The molecular formula is C16H14N2O5. The summed E-state index contributed by atoms with van der Waals surface area (Å²) in [6.07, 6.45) is 0. The molecule has 4 N–H and O–H groups in total. The molecule has 0 aromatic heterocycles. The molecule has 0 aliphatic carbocycles. The van der Waals surface area contributed by atoms with E-state index in [1.54, 1.807) is 25.1 Å². The molecule has 0 saturated heterocycles. The average molecular weight is 314 g/mol. The van der Waals surface area contributed by atoms with Crippen molar-refractivity contribution in [1.82, 2.24) is 5.43 Å². The van der Waals surface area contributed by atoms with E-state index in [4.69, 9.17) is 5.11 Å². The molecule has 0 bridgehead atoms. The van der Waals surface area contributed by atoms with E-state index in [-0.39, 0.29) is 22.6 Å². The Morgan fingerprint density at radius 1 is 1.00 bits per heavy atom. The zero-order chi connectivity index (χ0) is 17.0. The smallest absolute Gasteiger partial charge is 0.336 e. The van der Waals surface area contributed by atoms with Crippen LogP contribution in [0.4, 0.5) is 0 Å². The Balaban J connectivity index is 2.23. The van der Waals surface area contributed by atoms with Gasteiger partial charge in [-0.15, -0.1) is 0 Å². The lowest BCUT2D eigenvalue weighted by atomic mass is 10.0. The number of phenolic OH excluding ortho intramolecular Hbond substituents is 2. The predicted molar refractivity (Wildman–Crippen MR) is 82.9 cm³/mol. The number of aromatic carboxylic acids is 1. The molecule has 0 aliphatic rings. The first kappa shape index (κ1) is 16.0. The van der Waals surface area contributed by atoms with Gasteiger partial charge in [0.25, 0.3) is 5.91 Å². The van der Waals surface area contributed by atoms with Gasteiger partial charge in [-0.1, -0.05) is 18.2 Å². The van der Waals surface area contributed by atoms with Crippen molar-refractivity contribution in [3.8, 4) is 11.5 Å². The van der Waals surface area contributed by atoms with Crippen LogP contribution >= 0.6 is 0 Å². The lowest BCUT2D eigenvalue weighted by Gasteiger charge is -2.06. The Labute approximate surface area is 131 Å². The summed E-state index contributed by atoms with van der Waals surface area (Å²) in [7, 11) is 0. The van der Waals surface area contributed by atoms with Gasteiger partial charge in [0.1, 0.15) is 11.5 Å². The maximum Gasteiger partial charge on any atom is 0.336 e. The molecule has 2 aromatic rings. The second-order valence-corrected chi connectivity index (χ2v) is 4.73. The monoisotopic (exact) mass is 314 g/mol. The molecular weight excluding hydrogens is 300 g/mol. The largest absolute Gasteiger partial charge is 0.508 e. The van der Waals surface area contributed by atoms with Crippen LogP contribution in [-0.2, 0) is 0 Å². The normalized spacial score (nSPS) is 11.1. The maximum atomic E-state index is 11.9. The molecule has 0 fully saturated rings. The van der Waals surface area contributed by atoms with Crippen molar-refractivity contribution in [3.63, 3.8) is 0 Å². The quantitative estimate of drug-likeness (QED) is 0.508. The summed E-state index contributed by atoms with van der Waals surface area (Å²) in [6, 6.07) is 9.70. The van der Waals surface area contributed by atoms with Crippen molar-refractivity contribution in [2.24, 2.45) is 5.10 Å². The van der Waals surface area contributed by atoms with Crippen LogP contribution in [0, 0.1) is 0 Å². The van der Waals surface area contributed by atoms with Gasteiger partial charge in [0.05, 0.1) is 11.3 Å². The van der Waals surface area contributed by atoms with Crippen molar-refractivity contribution >= 4 is 17.6 Å². The first-order chi connectivity index (χ1) is 10.9. The highest BCUT2D eigenvalue weighted by Gasteiger charge is 2.12. The highest BCUT2D eigenvalue weighted by Crippen LogP contribution is 2.20. The summed E-state index contributed by atoms with van der Waals surface area (Å²) in [5.41, 5.74) is 3.02. The minimum absolute atomic E-state index is 0.0190. The zero-order valence-electron chi connectivity index (χ0n) is 12.1. The van der Waals surface area contributed by atoms with Gasteiger partial charge in [-0.3, -0.25) is 4.79 Å². The van der Waals surface area contributed by atoms with Gasteiger partial charge in [-0.25, -0.2) is 10.2 Å². The van der Waals surface area contributed by atoms with Crippen molar-refractivity contribution in [1.29, 1.82) is 0 Å². The molecule has 0 aliphatic heterocycles. The predicted octanol–water partition coefficient (Wildman–Crippen LogP) is 1.95. The fourth-order valence-electron chi connectivity index (χ4n) is 1.97. The molecule has 0 radical (unpaired) electrons. The van der Waals surface area contributed by atoms with Gasteiger partial charge in [-0.2, -0.15) is 5.10 Å². The third-order valence-electron chi connectivity index (χ3n) is 3.04.